The second-order valence-electron chi connectivity index (χ2n) is 11.8. The Morgan fingerprint density at radius 1 is 1.24 bits per heavy atom. The lowest BCUT2D eigenvalue weighted by Crippen LogP contribution is -2.70. The number of ether oxygens (including phenoxy) is 2. The highest BCUT2D eigenvalue weighted by atomic mass is 16.5. The molecule has 2 aliphatic carbocycles. The molecule has 1 saturated carbocycles. The number of carbonyl (C=O) groups is 1. The van der Waals surface area contributed by atoms with Crippen LogP contribution in [0.1, 0.15) is 64.5 Å². The highest BCUT2D eigenvalue weighted by Crippen LogP contribution is 2.70. The molecule has 200 valence electrons. The zero-order chi connectivity index (χ0) is 27.1. The van der Waals surface area contributed by atoms with Gasteiger partial charge in [-0.15, -0.1) is 0 Å². The normalized spacial score (nSPS) is 37.7. The predicted octanol–water partition coefficient (Wildman–Crippen LogP) is 4.26. The minimum atomic E-state index is -1.28. The van der Waals surface area contributed by atoms with Crippen molar-refractivity contribution in [3.05, 3.63) is 70.4 Å². The van der Waals surface area contributed by atoms with Gasteiger partial charge in [-0.2, -0.15) is 0 Å². The van der Waals surface area contributed by atoms with Gasteiger partial charge in [0.2, 0.25) is 0 Å². The number of carbonyl (C=O) groups excluding carboxylic acids is 1. The topological polar surface area (TPSA) is 119 Å². The second-order valence-corrected chi connectivity index (χ2v) is 11.8. The molecule has 0 radical (unpaired) electrons. The molecule has 2 spiro atoms. The maximum Gasteiger partial charge on any atom is 0.346 e. The van der Waals surface area contributed by atoms with Crippen molar-refractivity contribution >= 4 is 5.97 Å². The van der Waals surface area contributed by atoms with Crippen LogP contribution in [0.15, 0.2) is 63.6 Å². The van der Waals surface area contributed by atoms with Crippen LogP contribution in [-0.4, -0.2) is 39.0 Å². The number of aliphatic hydroxyl groups is 2. The molecule has 2 aromatic rings. The summed E-state index contributed by atoms with van der Waals surface area (Å²) in [6, 6.07) is 5.18. The minimum Gasteiger partial charge on any atom is -0.479 e. The van der Waals surface area contributed by atoms with E-state index in [1.54, 1.807) is 30.6 Å². The number of hydrogen-bond donors (Lipinski definition) is 2. The number of hydrogen-bond acceptors (Lipinski definition) is 8. The number of aromatic nitrogens is 1. The van der Waals surface area contributed by atoms with Crippen LogP contribution in [0.5, 0.6) is 5.75 Å². The molecule has 38 heavy (non-hydrogen) atoms. The Bertz CT molecular complexity index is 1420. The number of aliphatic hydroxyl groups excluding tert-OH is 1. The molecular formula is C30H33NO7. The van der Waals surface area contributed by atoms with Crippen LogP contribution < -0.4 is 10.4 Å². The molecule has 2 aromatic heterocycles. The van der Waals surface area contributed by atoms with Crippen LogP contribution >= 0.6 is 0 Å². The maximum atomic E-state index is 13.3. The van der Waals surface area contributed by atoms with E-state index in [1.165, 1.54) is 0 Å². The first-order chi connectivity index (χ1) is 18.0. The number of allylic oxidation sites excluding steroid dienone is 1. The number of pyridine rings is 1. The Balaban J connectivity index is 1.51. The van der Waals surface area contributed by atoms with E-state index >= 15 is 0 Å². The summed E-state index contributed by atoms with van der Waals surface area (Å²) in [5, 5.41) is 24.0. The fourth-order valence-corrected chi connectivity index (χ4v) is 7.93. The molecule has 2 N–H and O–H groups in total. The zero-order valence-electron chi connectivity index (χ0n) is 22.0. The van der Waals surface area contributed by atoms with Crippen LogP contribution in [0.2, 0.25) is 0 Å². The Morgan fingerprint density at radius 3 is 2.68 bits per heavy atom. The molecule has 4 heterocycles. The molecule has 8 heteroatoms. The third-order valence-corrected chi connectivity index (χ3v) is 9.97. The summed E-state index contributed by atoms with van der Waals surface area (Å²) in [6.45, 7) is 10.1. The number of nitrogens with zero attached hydrogens (tertiary/aromatic N) is 1. The number of esters is 1. The van der Waals surface area contributed by atoms with E-state index in [0.29, 0.717) is 42.6 Å². The van der Waals surface area contributed by atoms with Gasteiger partial charge in [0.05, 0.1) is 5.60 Å². The van der Waals surface area contributed by atoms with Gasteiger partial charge < -0.3 is 24.1 Å². The molecule has 0 aromatic carbocycles. The lowest BCUT2D eigenvalue weighted by Gasteiger charge is -2.66. The maximum absolute atomic E-state index is 13.3. The SMILES string of the molecule is C=C(C)[C@@]1(O)CC[C@@]2(C)[C@@H](CC(C)=C[C@]23Oc2cc(-c4cccnc4)oc(=O)c2[C@H]3O)[C@]12CCC(=O)OC2. The first kappa shape index (κ1) is 25.1. The van der Waals surface area contributed by atoms with Crippen LogP contribution in [0.4, 0.5) is 0 Å². The highest BCUT2D eigenvalue weighted by molar-refractivity contribution is 5.70. The Morgan fingerprint density at radius 2 is 2.03 bits per heavy atom. The molecule has 0 bridgehead atoms. The molecule has 0 amide bonds. The summed E-state index contributed by atoms with van der Waals surface area (Å²) in [6.07, 6.45) is 6.04. The van der Waals surface area contributed by atoms with Crippen molar-refractivity contribution in [3.8, 4) is 17.1 Å². The summed E-state index contributed by atoms with van der Waals surface area (Å²) >= 11 is 0. The van der Waals surface area contributed by atoms with E-state index < -0.39 is 33.8 Å². The summed E-state index contributed by atoms with van der Waals surface area (Å²) in [7, 11) is 0. The third-order valence-electron chi connectivity index (χ3n) is 9.97. The van der Waals surface area contributed by atoms with Crippen molar-refractivity contribution in [3.63, 3.8) is 0 Å². The van der Waals surface area contributed by atoms with Crippen molar-refractivity contribution in [1.82, 2.24) is 4.98 Å². The highest BCUT2D eigenvalue weighted by Gasteiger charge is 2.73. The van der Waals surface area contributed by atoms with E-state index in [9.17, 15) is 19.8 Å². The first-order valence-electron chi connectivity index (χ1n) is 13.2. The van der Waals surface area contributed by atoms with E-state index in [4.69, 9.17) is 13.9 Å². The van der Waals surface area contributed by atoms with E-state index in [1.807, 2.05) is 19.9 Å². The average Bonchev–Trinajstić information content (AvgIpc) is 3.18. The lowest BCUT2D eigenvalue weighted by molar-refractivity contribution is -0.247. The fraction of sp³-hybridized carbons (Fsp3) is 0.500. The van der Waals surface area contributed by atoms with Gasteiger partial charge >= 0.3 is 11.6 Å². The Labute approximate surface area is 221 Å². The molecule has 2 aliphatic heterocycles. The monoisotopic (exact) mass is 519 g/mol. The largest absolute Gasteiger partial charge is 0.479 e. The summed E-state index contributed by atoms with van der Waals surface area (Å²) < 4.78 is 18.0. The zero-order valence-corrected chi connectivity index (χ0v) is 22.0. The number of rotatable bonds is 2. The van der Waals surface area contributed by atoms with Crippen LogP contribution in [0, 0.1) is 16.7 Å². The van der Waals surface area contributed by atoms with Crippen LogP contribution in [0.25, 0.3) is 11.3 Å². The third kappa shape index (κ3) is 3.07. The Kier molecular flexibility index (Phi) is 5.37. The number of fused-ring (bicyclic) bond motifs is 4. The second kappa shape index (κ2) is 8.13. The minimum absolute atomic E-state index is 0.0646. The van der Waals surface area contributed by atoms with Crippen LogP contribution in [-0.2, 0) is 9.53 Å². The molecule has 6 atom stereocenters. The van der Waals surface area contributed by atoms with Crippen molar-refractivity contribution in [2.45, 2.75) is 70.2 Å². The van der Waals surface area contributed by atoms with Gasteiger partial charge in [0.25, 0.3) is 0 Å². The van der Waals surface area contributed by atoms with Crippen molar-refractivity contribution in [2.24, 2.45) is 16.7 Å². The molecule has 1 saturated heterocycles. The predicted molar refractivity (Wildman–Crippen MR) is 138 cm³/mol. The molecule has 4 aliphatic rings. The fourth-order valence-electron chi connectivity index (χ4n) is 7.93. The molecular weight excluding hydrogens is 486 g/mol. The number of cyclic esters (lactones) is 1. The summed E-state index contributed by atoms with van der Waals surface area (Å²) in [5.74, 6) is 0.0795. The van der Waals surface area contributed by atoms with E-state index in [0.717, 1.165) is 5.57 Å². The van der Waals surface area contributed by atoms with E-state index in [-0.39, 0.29) is 36.2 Å². The average molecular weight is 520 g/mol. The molecule has 0 unspecified atom stereocenters. The first-order valence-corrected chi connectivity index (χ1v) is 13.2. The van der Waals surface area contributed by atoms with Gasteiger partial charge in [0.15, 0.2) is 5.60 Å². The molecule has 6 rings (SSSR count). The molecule has 2 fully saturated rings. The van der Waals surface area contributed by atoms with Gasteiger partial charge in [-0.3, -0.25) is 9.78 Å². The van der Waals surface area contributed by atoms with Crippen LogP contribution in [0.3, 0.4) is 0 Å². The van der Waals surface area contributed by atoms with E-state index in [2.05, 4.69) is 18.5 Å². The van der Waals surface area contributed by atoms with Gasteiger partial charge in [0.1, 0.15) is 29.8 Å². The van der Waals surface area contributed by atoms with Gasteiger partial charge in [-0.05, 0) is 69.2 Å². The smallest absolute Gasteiger partial charge is 0.346 e. The molecule has 8 nitrogen and oxygen atoms in total. The summed E-state index contributed by atoms with van der Waals surface area (Å²) in [5.41, 5.74) is -2.38. The van der Waals surface area contributed by atoms with Crippen molar-refractivity contribution in [1.29, 1.82) is 0 Å². The quantitative estimate of drug-likeness (QED) is 0.446. The van der Waals surface area contributed by atoms with Crippen molar-refractivity contribution < 1.29 is 28.9 Å². The summed E-state index contributed by atoms with van der Waals surface area (Å²) in [4.78, 5) is 29.5. The Hall–Kier alpha value is -3.23. The van der Waals surface area contributed by atoms with Crippen molar-refractivity contribution in [2.75, 3.05) is 6.61 Å². The van der Waals surface area contributed by atoms with Gasteiger partial charge in [-0.1, -0.05) is 19.1 Å². The lowest BCUT2D eigenvalue weighted by atomic mass is 9.40. The standard InChI is InChI=1S/C30H33NO7/c1-17(2)29(35)10-9-27(4)22(28(29)8-7-23(32)36-16-28)12-18(3)14-30(27)25(33)24-21(38-30)13-20(37-26(24)34)19-6-5-11-31-15-19/h5-6,11,13-15,22,25,33,35H,1,7-10,12,16H2,2-4H3/t22-,25-,27+,28-,29+,30-/m1/s1. The van der Waals surface area contributed by atoms with Gasteiger partial charge in [-0.25, -0.2) is 4.79 Å². The van der Waals surface area contributed by atoms with Gasteiger partial charge in [0, 0.05) is 41.3 Å².